The van der Waals surface area contributed by atoms with Gasteiger partial charge in [-0.1, -0.05) is 0 Å². The van der Waals surface area contributed by atoms with Crippen LogP contribution in [0.25, 0.3) is 0 Å². The molecule has 112 valence electrons. The molecule has 0 aromatic rings. The van der Waals surface area contributed by atoms with Crippen LogP contribution in [0.4, 0.5) is 4.79 Å². The maximum atomic E-state index is 12.1. The fraction of sp³-hybridized carbons (Fsp3) is 0.857. The largest absolute Gasteiger partial charge is 0.480 e. The topological polar surface area (TPSA) is 89.9 Å². The smallest absolute Gasteiger partial charge is 0.326 e. The van der Waals surface area contributed by atoms with Gasteiger partial charge >= 0.3 is 12.0 Å². The molecule has 3 fully saturated rings. The third-order valence-electron chi connectivity index (χ3n) is 4.77. The van der Waals surface area contributed by atoms with E-state index in [1.807, 2.05) is 0 Å². The monoisotopic (exact) mass is 282 g/mol. The Morgan fingerprint density at radius 3 is 2.30 bits per heavy atom. The van der Waals surface area contributed by atoms with Crippen molar-refractivity contribution in [3.63, 3.8) is 0 Å². The van der Waals surface area contributed by atoms with Crippen LogP contribution in [0, 0.1) is 17.8 Å². The molecule has 6 heteroatoms. The predicted molar refractivity (Wildman–Crippen MR) is 71.1 cm³/mol. The molecule has 1 aliphatic heterocycles. The van der Waals surface area contributed by atoms with Crippen LogP contribution in [-0.2, 0) is 4.79 Å². The van der Waals surface area contributed by atoms with Gasteiger partial charge in [0.25, 0.3) is 0 Å². The minimum Gasteiger partial charge on any atom is -0.480 e. The number of β-amino-alcohol motifs (C(OH)–C–C–N with tert-alkyl or cyclic N) is 1. The zero-order chi connectivity index (χ0) is 14.3. The van der Waals surface area contributed by atoms with E-state index in [-0.39, 0.29) is 19.0 Å². The summed E-state index contributed by atoms with van der Waals surface area (Å²) in [4.78, 5) is 24.5. The molecule has 2 aliphatic carbocycles. The lowest BCUT2D eigenvalue weighted by Gasteiger charge is -2.23. The number of rotatable bonds is 5. The average Bonchev–Trinajstić information content (AvgIpc) is 3.29. The summed E-state index contributed by atoms with van der Waals surface area (Å²) >= 11 is 0. The van der Waals surface area contributed by atoms with Crippen LogP contribution in [0.1, 0.15) is 32.1 Å². The highest BCUT2D eigenvalue weighted by molar-refractivity contribution is 5.83. The van der Waals surface area contributed by atoms with Crippen molar-refractivity contribution in [2.75, 3.05) is 13.1 Å². The molecule has 2 atom stereocenters. The predicted octanol–water partition coefficient (Wildman–Crippen LogP) is 0.652. The Morgan fingerprint density at radius 1 is 1.20 bits per heavy atom. The van der Waals surface area contributed by atoms with Gasteiger partial charge in [-0.2, -0.15) is 0 Å². The first-order chi connectivity index (χ1) is 9.56. The molecule has 3 aliphatic rings. The second-order valence-electron chi connectivity index (χ2n) is 6.42. The SMILES string of the molecule is O=C(O)[C@@H]1C[C@@H](O)CN1C(=O)NCC(C1CC1)C1CC1. The highest BCUT2D eigenvalue weighted by Gasteiger charge is 2.43. The zero-order valence-electron chi connectivity index (χ0n) is 11.5. The van der Waals surface area contributed by atoms with Crippen molar-refractivity contribution in [3.05, 3.63) is 0 Å². The molecule has 3 N–H and O–H groups in total. The Balaban J connectivity index is 1.53. The van der Waals surface area contributed by atoms with E-state index in [0.717, 1.165) is 11.8 Å². The quantitative estimate of drug-likeness (QED) is 0.690. The lowest BCUT2D eigenvalue weighted by molar-refractivity contribution is -0.141. The Morgan fingerprint density at radius 2 is 1.80 bits per heavy atom. The number of likely N-dealkylation sites (tertiary alicyclic amines) is 1. The van der Waals surface area contributed by atoms with E-state index in [1.165, 1.54) is 30.6 Å². The van der Waals surface area contributed by atoms with Crippen LogP contribution in [0.3, 0.4) is 0 Å². The van der Waals surface area contributed by atoms with Gasteiger partial charge in [-0.3, -0.25) is 0 Å². The number of hydrogen-bond acceptors (Lipinski definition) is 3. The summed E-state index contributed by atoms with van der Waals surface area (Å²) in [5.74, 6) is 1.02. The molecule has 2 amide bonds. The maximum absolute atomic E-state index is 12.1. The minimum absolute atomic E-state index is 0.111. The van der Waals surface area contributed by atoms with Gasteiger partial charge in [-0.25, -0.2) is 9.59 Å². The summed E-state index contributed by atoms with van der Waals surface area (Å²) in [6.07, 6.45) is 4.44. The van der Waals surface area contributed by atoms with Crippen molar-refractivity contribution >= 4 is 12.0 Å². The number of nitrogens with one attached hydrogen (secondary N) is 1. The lowest BCUT2D eigenvalue weighted by Crippen LogP contribution is -2.47. The molecule has 1 heterocycles. The average molecular weight is 282 g/mol. The highest BCUT2D eigenvalue weighted by Crippen LogP contribution is 2.48. The normalized spacial score (nSPS) is 29.8. The first-order valence-electron chi connectivity index (χ1n) is 7.51. The number of aliphatic carboxylic acids is 1. The van der Waals surface area contributed by atoms with Crippen molar-refractivity contribution in [3.8, 4) is 0 Å². The number of carboxylic acid groups (broad SMARTS) is 1. The molecule has 0 bridgehead atoms. The van der Waals surface area contributed by atoms with Crippen LogP contribution in [0.15, 0.2) is 0 Å². The van der Waals surface area contributed by atoms with Crippen molar-refractivity contribution in [1.29, 1.82) is 0 Å². The zero-order valence-corrected chi connectivity index (χ0v) is 11.5. The number of urea groups is 1. The summed E-state index contributed by atoms with van der Waals surface area (Å²) < 4.78 is 0. The lowest BCUT2D eigenvalue weighted by atomic mass is 9.98. The van der Waals surface area contributed by atoms with Crippen LogP contribution in [0.2, 0.25) is 0 Å². The fourth-order valence-electron chi connectivity index (χ4n) is 3.35. The highest BCUT2D eigenvalue weighted by atomic mass is 16.4. The fourth-order valence-corrected chi connectivity index (χ4v) is 3.35. The van der Waals surface area contributed by atoms with E-state index in [0.29, 0.717) is 12.5 Å². The van der Waals surface area contributed by atoms with Gasteiger partial charge in [0.2, 0.25) is 0 Å². The van der Waals surface area contributed by atoms with Crippen molar-refractivity contribution < 1.29 is 19.8 Å². The molecular formula is C14H22N2O4. The number of carboxylic acids is 1. The first-order valence-corrected chi connectivity index (χ1v) is 7.51. The van der Waals surface area contributed by atoms with E-state index in [2.05, 4.69) is 5.32 Å². The van der Waals surface area contributed by atoms with Crippen molar-refractivity contribution in [1.82, 2.24) is 10.2 Å². The van der Waals surface area contributed by atoms with E-state index in [1.54, 1.807) is 0 Å². The number of hydrogen-bond donors (Lipinski definition) is 3. The molecule has 3 rings (SSSR count). The number of aliphatic hydroxyl groups is 1. The van der Waals surface area contributed by atoms with Gasteiger partial charge < -0.3 is 20.4 Å². The molecule has 0 aromatic carbocycles. The number of amides is 2. The summed E-state index contributed by atoms with van der Waals surface area (Å²) in [5, 5.41) is 21.5. The van der Waals surface area contributed by atoms with Crippen LogP contribution >= 0.6 is 0 Å². The molecule has 1 saturated heterocycles. The van der Waals surface area contributed by atoms with Crippen molar-refractivity contribution in [2.24, 2.45) is 17.8 Å². The van der Waals surface area contributed by atoms with Gasteiger partial charge in [0.15, 0.2) is 0 Å². The molecule has 20 heavy (non-hydrogen) atoms. The summed E-state index contributed by atoms with van der Waals surface area (Å²) in [7, 11) is 0. The van der Waals surface area contributed by atoms with E-state index in [9.17, 15) is 14.7 Å². The number of nitrogens with zero attached hydrogens (tertiary/aromatic N) is 1. The number of aliphatic hydroxyl groups excluding tert-OH is 1. The molecule has 0 spiro atoms. The first kappa shape index (κ1) is 13.7. The Kier molecular flexibility index (Phi) is 3.58. The van der Waals surface area contributed by atoms with Crippen molar-refractivity contribution in [2.45, 2.75) is 44.2 Å². The van der Waals surface area contributed by atoms with E-state index in [4.69, 9.17) is 5.11 Å². The van der Waals surface area contributed by atoms with E-state index < -0.39 is 18.1 Å². The Hall–Kier alpha value is -1.30. The van der Waals surface area contributed by atoms with Crippen LogP contribution < -0.4 is 5.32 Å². The number of carbonyl (C=O) groups excluding carboxylic acids is 1. The van der Waals surface area contributed by atoms with Crippen LogP contribution in [-0.4, -0.2) is 52.3 Å². The molecule has 0 aromatic heterocycles. The van der Waals surface area contributed by atoms with Gasteiger partial charge in [0.1, 0.15) is 6.04 Å². The van der Waals surface area contributed by atoms with E-state index >= 15 is 0 Å². The third kappa shape index (κ3) is 2.90. The molecule has 2 saturated carbocycles. The maximum Gasteiger partial charge on any atom is 0.326 e. The molecule has 6 nitrogen and oxygen atoms in total. The summed E-state index contributed by atoms with van der Waals surface area (Å²) in [6.45, 7) is 0.757. The van der Waals surface area contributed by atoms with Crippen LogP contribution in [0.5, 0.6) is 0 Å². The second-order valence-corrected chi connectivity index (χ2v) is 6.42. The second kappa shape index (κ2) is 5.24. The standard InChI is InChI=1S/C14H22N2O4/c17-10-5-12(13(18)19)16(7-10)14(20)15-6-11(8-1-2-8)9-3-4-9/h8-12,17H,1-7H2,(H,15,20)(H,18,19)/t10-,12+/m1/s1. The Labute approximate surface area is 118 Å². The molecule has 0 radical (unpaired) electrons. The number of carbonyl (C=O) groups is 2. The third-order valence-corrected chi connectivity index (χ3v) is 4.77. The molecular weight excluding hydrogens is 260 g/mol. The molecule has 0 unspecified atom stereocenters. The van der Waals surface area contributed by atoms with Gasteiger partial charge in [0, 0.05) is 19.5 Å². The summed E-state index contributed by atoms with van der Waals surface area (Å²) in [5.41, 5.74) is 0. The van der Waals surface area contributed by atoms with Gasteiger partial charge in [0.05, 0.1) is 6.10 Å². The van der Waals surface area contributed by atoms with Gasteiger partial charge in [-0.05, 0) is 43.4 Å². The minimum atomic E-state index is -1.04. The van der Waals surface area contributed by atoms with Gasteiger partial charge in [-0.15, -0.1) is 0 Å². The Bertz CT molecular complexity index is 394. The summed E-state index contributed by atoms with van der Waals surface area (Å²) in [6, 6.07) is -1.24.